The molecule has 0 fully saturated rings. The fourth-order valence-corrected chi connectivity index (χ4v) is 3.86. The maximum absolute atomic E-state index is 13.4. The lowest BCUT2D eigenvalue weighted by atomic mass is 9.93. The Morgan fingerprint density at radius 3 is 2.76 bits per heavy atom. The molecular weight excluding hydrogens is 370 g/mol. The minimum Gasteiger partial charge on any atom is -0.493 e. The van der Waals surface area contributed by atoms with Gasteiger partial charge in [0.25, 0.3) is 5.91 Å². The van der Waals surface area contributed by atoms with Gasteiger partial charge < -0.3 is 25.4 Å². The Morgan fingerprint density at radius 1 is 1.17 bits per heavy atom. The second kappa shape index (κ2) is 7.66. The van der Waals surface area contributed by atoms with E-state index in [0.29, 0.717) is 48.0 Å². The molecule has 7 heteroatoms. The Labute approximate surface area is 169 Å². The molecule has 0 bridgehead atoms. The van der Waals surface area contributed by atoms with E-state index in [1.807, 2.05) is 18.2 Å². The largest absolute Gasteiger partial charge is 0.493 e. The van der Waals surface area contributed by atoms with Gasteiger partial charge in [-0.3, -0.25) is 9.59 Å². The molecule has 4 rings (SSSR count). The van der Waals surface area contributed by atoms with Crippen LogP contribution < -0.4 is 20.5 Å². The van der Waals surface area contributed by atoms with Crippen molar-refractivity contribution in [3.63, 3.8) is 0 Å². The molecule has 0 aliphatic carbocycles. The predicted molar refractivity (Wildman–Crippen MR) is 110 cm³/mol. The summed E-state index contributed by atoms with van der Waals surface area (Å²) in [6.07, 6.45) is 2.37. The van der Waals surface area contributed by atoms with Crippen LogP contribution in [0.25, 0.3) is 0 Å². The van der Waals surface area contributed by atoms with Crippen molar-refractivity contribution < 1.29 is 19.1 Å². The second-order valence-electron chi connectivity index (χ2n) is 7.42. The number of benzene rings is 2. The maximum Gasteiger partial charge on any atom is 0.257 e. The molecule has 2 aromatic carbocycles. The average Bonchev–Trinajstić information content (AvgIpc) is 2.81. The number of nitrogens with two attached hydrogens (primary N) is 1. The number of fused-ring (bicyclic) bond motifs is 3. The third kappa shape index (κ3) is 3.48. The summed E-state index contributed by atoms with van der Waals surface area (Å²) in [5, 5.41) is 2.91. The van der Waals surface area contributed by atoms with Crippen LogP contribution >= 0.6 is 0 Å². The number of ether oxygens (including phenoxy) is 2. The minimum absolute atomic E-state index is 0.204. The fourth-order valence-electron chi connectivity index (χ4n) is 3.86. The zero-order chi connectivity index (χ0) is 20.5. The van der Waals surface area contributed by atoms with Crippen LogP contribution in [0.5, 0.6) is 11.5 Å². The van der Waals surface area contributed by atoms with Gasteiger partial charge in [-0.2, -0.15) is 0 Å². The first-order valence-electron chi connectivity index (χ1n) is 9.85. The predicted octanol–water partition coefficient (Wildman–Crippen LogP) is 2.98. The third-order valence-corrected chi connectivity index (χ3v) is 5.47. The molecule has 152 valence electrons. The number of nitrogen functional groups attached to an aromatic ring is 1. The Kier molecular flexibility index (Phi) is 5.05. The summed E-state index contributed by atoms with van der Waals surface area (Å²) in [4.78, 5) is 27.9. The number of carbonyl (C=O) groups is 2. The van der Waals surface area contributed by atoms with E-state index in [9.17, 15) is 9.59 Å². The van der Waals surface area contributed by atoms with Gasteiger partial charge in [-0.15, -0.1) is 0 Å². The van der Waals surface area contributed by atoms with Crippen molar-refractivity contribution >= 4 is 23.2 Å². The van der Waals surface area contributed by atoms with E-state index in [-0.39, 0.29) is 11.8 Å². The second-order valence-corrected chi connectivity index (χ2v) is 7.42. The molecule has 0 spiro atoms. The standard InChI is InChI=1S/C22H25N3O4/c1-3-4-7-29-20-11-17-16(10-19(20)28-2)22(27)25-12-14-8-15(23)6-5-13(14)9-18(25)21(26)24-17/h5-6,8,10-11,18H,3-4,7,9,12,23H2,1-2H3,(H,24,26)/t18-/m0/s1. The van der Waals surface area contributed by atoms with Crippen LogP contribution in [0.3, 0.4) is 0 Å². The van der Waals surface area contributed by atoms with E-state index in [2.05, 4.69) is 12.2 Å². The van der Waals surface area contributed by atoms with Crippen molar-refractivity contribution in [1.82, 2.24) is 4.90 Å². The summed E-state index contributed by atoms with van der Waals surface area (Å²) in [6.45, 7) is 2.96. The molecule has 1 atom stereocenters. The summed E-state index contributed by atoms with van der Waals surface area (Å²) < 4.78 is 11.3. The van der Waals surface area contributed by atoms with Crippen molar-refractivity contribution in [2.75, 3.05) is 24.8 Å². The van der Waals surface area contributed by atoms with E-state index in [1.54, 1.807) is 17.0 Å². The van der Waals surface area contributed by atoms with Gasteiger partial charge in [-0.25, -0.2) is 0 Å². The number of anilines is 2. The van der Waals surface area contributed by atoms with Gasteiger partial charge in [-0.05, 0) is 35.7 Å². The summed E-state index contributed by atoms with van der Waals surface area (Å²) in [5.74, 6) is 0.574. The molecule has 0 radical (unpaired) electrons. The number of rotatable bonds is 5. The third-order valence-electron chi connectivity index (χ3n) is 5.47. The number of amides is 2. The highest BCUT2D eigenvalue weighted by molar-refractivity contribution is 6.10. The van der Waals surface area contributed by atoms with E-state index < -0.39 is 6.04 Å². The van der Waals surface area contributed by atoms with Gasteiger partial charge in [0.15, 0.2) is 11.5 Å². The number of hydrogen-bond donors (Lipinski definition) is 2. The lowest BCUT2D eigenvalue weighted by Crippen LogP contribution is -2.48. The van der Waals surface area contributed by atoms with Crippen LogP contribution in [-0.2, 0) is 17.8 Å². The summed E-state index contributed by atoms with van der Waals surface area (Å²) in [5.41, 5.74) is 9.41. The zero-order valence-electron chi connectivity index (χ0n) is 16.7. The van der Waals surface area contributed by atoms with Crippen molar-refractivity contribution in [3.8, 4) is 11.5 Å². The summed E-state index contributed by atoms with van der Waals surface area (Å²) in [7, 11) is 1.54. The molecule has 7 nitrogen and oxygen atoms in total. The number of nitrogens with zero attached hydrogens (tertiary/aromatic N) is 1. The molecule has 2 heterocycles. The lowest BCUT2D eigenvalue weighted by Gasteiger charge is -2.34. The van der Waals surface area contributed by atoms with E-state index in [0.717, 1.165) is 24.0 Å². The highest BCUT2D eigenvalue weighted by Gasteiger charge is 2.39. The number of nitrogens with one attached hydrogen (secondary N) is 1. The van der Waals surface area contributed by atoms with Crippen molar-refractivity contribution in [3.05, 3.63) is 47.0 Å². The highest BCUT2D eigenvalue weighted by Crippen LogP contribution is 2.38. The number of unbranched alkanes of at least 4 members (excludes halogenated alkanes) is 1. The van der Waals surface area contributed by atoms with Crippen LogP contribution in [-0.4, -0.2) is 36.5 Å². The number of methoxy groups -OCH3 is 1. The molecule has 0 unspecified atom stereocenters. The van der Waals surface area contributed by atoms with Crippen molar-refractivity contribution in [1.29, 1.82) is 0 Å². The van der Waals surface area contributed by atoms with Crippen LogP contribution in [0.15, 0.2) is 30.3 Å². The first kappa shape index (κ1) is 19.1. The Balaban J connectivity index is 1.72. The highest BCUT2D eigenvalue weighted by atomic mass is 16.5. The smallest absolute Gasteiger partial charge is 0.257 e. The molecule has 0 saturated carbocycles. The summed E-state index contributed by atoms with van der Waals surface area (Å²) >= 11 is 0. The quantitative estimate of drug-likeness (QED) is 0.600. The normalized spacial score (nSPS) is 17.6. The van der Waals surface area contributed by atoms with E-state index >= 15 is 0 Å². The molecule has 0 aromatic heterocycles. The topological polar surface area (TPSA) is 93.9 Å². The Hall–Kier alpha value is -3.22. The van der Waals surface area contributed by atoms with Crippen LogP contribution in [0.4, 0.5) is 11.4 Å². The van der Waals surface area contributed by atoms with Crippen LogP contribution in [0.2, 0.25) is 0 Å². The van der Waals surface area contributed by atoms with Gasteiger partial charge in [0.2, 0.25) is 5.91 Å². The molecule has 2 aliphatic heterocycles. The van der Waals surface area contributed by atoms with Crippen LogP contribution in [0, 0.1) is 0 Å². The molecule has 2 aromatic rings. The van der Waals surface area contributed by atoms with E-state index in [4.69, 9.17) is 15.2 Å². The molecule has 3 N–H and O–H groups in total. The zero-order valence-corrected chi connectivity index (χ0v) is 16.7. The van der Waals surface area contributed by atoms with E-state index in [1.165, 1.54) is 7.11 Å². The first-order chi connectivity index (χ1) is 14.0. The SMILES string of the molecule is CCCCOc1cc2c(cc1OC)C(=O)N1Cc3cc(N)ccc3C[C@H]1C(=O)N2. The maximum atomic E-state index is 13.4. The molecule has 2 amide bonds. The first-order valence-corrected chi connectivity index (χ1v) is 9.85. The number of carbonyl (C=O) groups excluding carboxylic acids is 2. The van der Waals surface area contributed by atoms with Gasteiger partial charge in [-0.1, -0.05) is 19.4 Å². The monoisotopic (exact) mass is 395 g/mol. The molecule has 29 heavy (non-hydrogen) atoms. The van der Waals surface area contributed by atoms with Crippen molar-refractivity contribution in [2.45, 2.75) is 38.8 Å². The van der Waals surface area contributed by atoms with Gasteiger partial charge in [0, 0.05) is 24.7 Å². The van der Waals surface area contributed by atoms with Gasteiger partial charge in [0.1, 0.15) is 6.04 Å². The molecule has 2 aliphatic rings. The fraction of sp³-hybridized carbons (Fsp3) is 0.364. The van der Waals surface area contributed by atoms with Crippen LogP contribution in [0.1, 0.15) is 41.3 Å². The van der Waals surface area contributed by atoms with Crippen molar-refractivity contribution in [2.24, 2.45) is 0 Å². The Morgan fingerprint density at radius 2 is 2.00 bits per heavy atom. The van der Waals surface area contributed by atoms with Gasteiger partial charge >= 0.3 is 0 Å². The lowest BCUT2D eigenvalue weighted by molar-refractivity contribution is -0.120. The average molecular weight is 395 g/mol. The minimum atomic E-state index is -0.568. The Bertz CT molecular complexity index is 973. The van der Waals surface area contributed by atoms with Gasteiger partial charge in [0.05, 0.1) is 25.0 Å². The number of hydrogen-bond acceptors (Lipinski definition) is 5. The summed E-state index contributed by atoms with van der Waals surface area (Å²) in [6, 6.07) is 8.39. The molecular formula is C22H25N3O4. The molecule has 0 saturated heterocycles.